The molecule has 0 spiro atoms. The van der Waals surface area contributed by atoms with E-state index in [0.717, 1.165) is 25.7 Å². The van der Waals surface area contributed by atoms with Crippen LogP contribution in [-0.2, 0) is 9.53 Å². The molecule has 0 fully saturated rings. The molecule has 0 heterocycles. The van der Waals surface area contributed by atoms with Crippen LogP contribution in [0.5, 0.6) is 0 Å². The zero-order valence-corrected chi connectivity index (χ0v) is 17.4. The van der Waals surface area contributed by atoms with Gasteiger partial charge in [-0.15, -0.1) is 0 Å². The molecule has 0 amide bonds. The molecule has 3 nitrogen and oxygen atoms in total. The first-order valence-corrected chi connectivity index (χ1v) is 10.9. The van der Waals surface area contributed by atoms with E-state index in [1.54, 1.807) is 6.92 Å². The molecule has 0 aromatic carbocycles. The van der Waals surface area contributed by atoms with Gasteiger partial charge in [-0.3, -0.25) is 0 Å². The summed E-state index contributed by atoms with van der Waals surface area (Å²) in [5.41, 5.74) is -1.04. The summed E-state index contributed by atoms with van der Waals surface area (Å²) in [6, 6.07) is 0. The van der Waals surface area contributed by atoms with E-state index < -0.39 is 11.6 Å². The first-order valence-electron chi connectivity index (χ1n) is 10.9. The normalized spacial score (nSPS) is 15.0. The highest BCUT2D eigenvalue weighted by Crippen LogP contribution is 2.28. The second-order valence-corrected chi connectivity index (χ2v) is 7.84. The van der Waals surface area contributed by atoms with Gasteiger partial charge in [0.1, 0.15) is 0 Å². The zero-order valence-electron chi connectivity index (χ0n) is 17.4. The number of unbranched alkanes of at least 4 members (excludes halogenated alkanes) is 11. The van der Waals surface area contributed by atoms with Gasteiger partial charge in [-0.05, 0) is 25.7 Å². The first kappa shape index (κ1) is 24.4. The molecule has 0 bridgehead atoms. The van der Waals surface area contributed by atoms with Crippen LogP contribution in [0.4, 0.5) is 0 Å². The number of rotatable bonds is 18. The van der Waals surface area contributed by atoms with Crippen molar-refractivity contribution in [3.8, 4) is 0 Å². The molecule has 0 aliphatic heterocycles. The van der Waals surface area contributed by atoms with Gasteiger partial charge in [0.05, 0.1) is 0 Å². The predicted octanol–water partition coefficient (Wildman–Crippen LogP) is 6.98. The highest BCUT2D eigenvalue weighted by atomic mass is 16.5. The second kappa shape index (κ2) is 15.7. The first-order chi connectivity index (χ1) is 12.0. The Bertz CT molecular complexity index is 316. The Balaban J connectivity index is 3.95. The Morgan fingerprint density at radius 3 is 1.76 bits per heavy atom. The highest BCUT2D eigenvalue weighted by molar-refractivity contribution is 5.77. The maximum absolute atomic E-state index is 11.7. The lowest BCUT2D eigenvalue weighted by molar-refractivity contribution is -0.171. The van der Waals surface area contributed by atoms with Crippen LogP contribution in [0.15, 0.2) is 0 Å². The Kier molecular flexibility index (Phi) is 15.3. The Morgan fingerprint density at radius 2 is 1.28 bits per heavy atom. The third-order valence-electron chi connectivity index (χ3n) is 5.51. The Morgan fingerprint density at radius 1 is 0.840 bits per heavy atom. The molecular weight excluding hydrogens is 312 g/mol. The number of carboxylic acids is 1. The lowest BCUT2D eigenvalue weighted by Gasteiger charge is -2.31. The van der Waals surface area contributed by atoms with Gasteiger partial charge in [-0.1, -0.05) is 97.8 Å². The van der Waals surface area contributed by atoms with Crippen LogP contribution in [0.3, 0.4) is 0 Å². The molecule has 0 saturated heterocycles. The maximum atomic E-state index is 11.7. The number of aliphatic carboxylic acids is 1. The van der Waals surface area contributed by atoms with Gasteiger partial charge in [0, 0.05) is 6.61 Å². The lowest BCUT2D eigenvalue weighted by Crippen LogP contribution is -2.44. The van der Waals surface area contributed by atoms with Crippen LogP contribution >= 0.6 is 0 Å². The van der Waals surface area contributed by atoms with Crippen molar-refractivity contribution in [2.24, 2.45) is 5.92 Å². The molecule has 1 N–H and O–H groups in total. The van der Waals surface area contributed by atoms with Crippen LogP contribution in [-0.4, -0.2) is 23.3 Å². The minimum atomic E-state index is -1.04. The molecule has 0 aliphatic carbocycles. The lowest BCUT2D eigenvalue weighted by atomic mass is 9.86. The largest absolute Gasteiger partial charge is 0.479 e. The molecule has 150 valence electrons. The van der Waals surface area contributed by atoms with Crippen molar-refractivity contribution in [3.05, 3.63) is 0 Å². The van der Waals surface area contributed by atoms with Gasteiger partial charge in [0.15, 0.2) is 5.60 Å². The molecule has 0 aromatic heterocycles. The van der Waals surface area contributed by atoms with Crippen LogP contribution in [0, 0.1) is 5.92 Å². The van der Waals surface area contributed by atoms with Crippen LogP contribution in [0.2, 0.25) is 0 Å². The molecule has 0 aliphatic rings. The van der Waals surface area contributed by atoms with Crippen LogP contribution < -0.4 is 0 Å². The Hall–Kier alpha value is -0.570. The number of carbonyl (C=O) groups is 1. The average Bonchev–Trinajstić information content (AvgIpc) is 2.59. The van der Waals surface area contributed by atoms with E-state index in [9.17, 15) is 9.90 Å². The SMILES string of the molecule is CCCCCCCCCCOC(C)(C(=O)O)C(C)CCCCCCC. The van der Waals surface area contributed by atoms with Gasteiger partial charge < -0.3 is 9.84 Å². The van der Waals surface area contributed by atoms with Crippen molar-refractivity contribution >= 4 is 5.97 Å². The molecule has 0 radical (unpaired) electrons. The van der Waals surface area contributed by atoms with E-state index in [0.29, 0.717) is 6.61 Å². The summed E-state index contributed by atoms with van der Waals surface area (Å²) >= 11 is 0. The third-order valence-corrected chi connectivity index (χ3v) is 5.51. The van der Waals surface area contributed by atoms with Gasteiger partial charge in [-0.2, -0.15) is 0 Å². The molecule has 3 heteroatoms. The van der Waals surface area contributed by atoms with E-state index in [1.807, 2.05) is 6.92 Å². The fourth-order valence-corrected chi connectivity index (χ4v) is 3.26. The average molecular weight is 357 g/mol. The number of hydrogen-bond acceptors (Lipinski definition) is 2. The fraction of sp³-hybridized carbons (Fsp3) is 0.955. The summed E-state index contributed by atoms with van der Waals surface area (Å²) in [7, 11) is 0. The summed E-state index contributed by atoms with van der Waals surface area (Å²) in [6.07, 6.45) is 17.0. The fourth-order valence-electron chi connectivity index (χ4n) is 3.26. The van der Waals surface area contributed by atoms with Gasteiger partial charge in [-0.25, -0.2) is 4.79 Å². The summed E-state index contributed by atoms with van der Waals surface area (Å²) in [4.78, 5) is 11.7. The molecule has 0 saturated carbocycles. The Labute approximate surface area is 156 Å². The van der Waals surface area contributed by atoms with Gasteiger partial charge in [0.25, 0.3) is 0 Å². The van der Waals surface area contributed by atoms with Gasteiger partial charge in [0.2, 0.25) is 0 Å². The van der Waals surface area contributed by atoms with Crippen molar-refractivity contribution in [3.63, 3.8) is 0 Å². The smallest absolute Gasteiger partial charge is 0.335 e. The quantitative estimate of drug-likeness (QED) is 0.269. The maximum Gasteiger partial charge on any atom is 0.335 e. The minimum Gasteiger partial charge on any atom is -0.479 e. The van der Waals surface area contributed by atoms with Crippen molar-refractivity contribution in [2.45, 2.75) is 123 Å². The van der Waals surface area contributed by atoms with Crippen molar-refractivity contribution in [1.29, 1.82) is 0 Å². The van der Waals surface area contributed by atoms with E-state index in [4.69, 9.17) is 4.74 Å². The molecule has 25 heavy (non-hydrogen) atoms. The summed E-state index contributed by atoms with van der Waals surface area (Å²) in [6.45, 7) is 8.81. The van der Waals surface area contributed by atoms with Crippen molar-refractivity contribution < 1.29 is 14.6 Å². The predicted molar refractivity (Wildman–Crippen MR) is 107 cm³/mol. The summed E-state index contributed by atoms with van der Waals surface area (Å²) < 4.78 is 5.88. The standard InChI is InChI=1S/C22H44O3/c1-5-7-9-11-12-13-15-17-19-25-22(4,21(23)24)20(3)18-16-14-10-8-6-2/h20H,5-19H2,1-4H3,(H,23,24). The molecule has 0 aromatic rings. The monoisotopic (exact) mass is 356 g/mol. The minimum absolute atomic E-state index is 0.0562. The van der Waals surface area contributed by atoms with Crippen molar-refractivity contribution in [2.75, 3.05) is 6.61 Å². The van der Waals surface area contributed by atoms with Crippen molar-refractivity contribution in [1.82, 2.24) is 0 Å². The van der Waals surface area contributed by atoms with Crippen LogP contribution in [0.25, 0.3) is 0 Å². The van der Waals surface area contributed by atoms with E-state index >= 15 is 0 Å². The molecule has 0 rings (SSSR count). The third kappa shape index (κ3) is 11.6. The molecule has 2 atom stereocenters. The summed E-state index contributed by atoms with van der Waals surface area (Å²) in [5.74, 6) is -0.756. The second-order valence-electron chi connectivity index (χ2n) is 7.84. The molecular formula is C22H44O3. The van der Waals surface area contributed by atoms with Gasteiger partial charge >= 0.3 is 5.97 Å². The van der Waals surface area contributed by atoms with E-state index in [-0.39, 0.29) is 5.92 Å². The van der Waals surface area contributed by atoms with E-state index in [1.165, 1.54) is 64.2 Å². The number of hydrogen-bond donors (Lipinski definition) is 1. The van der Waals surface area contributed by atoms with Crippen LogP contribution in [0.1, 0.15) is 118 Å². The van der Waals surface area contributed by atoms with E-state index in [2.05, 4.69) is 13.8 Å². The topological polar surface area (TPSA) is 46.5 Å². The molecule has 2 unspecified atom stereocenters. The number of ether oxygens (including phenoxy) is 1. The number of carboxylic acid groups (broad SMARTS) is 1. The summed E-state index contributed by atoms with van der Waals surface area (Å²) in [5, 5.41) is 9.64. The highest BCUT2D eigenvalue weighted by Gasteiger charge is 2.39. The zero-order chi connectivity index (χ0) is 19.0.